The average molecular weight is 447 g/mol. The van der Waals surface area contributed by atoms with Crippen LogP contribution in [0.15, 0.2) is 77.4 Å². The highest BCUT2D eigenvalue weighted by molar-refractivity contribution is 6.03. The molecule has 172 valence electrons. The van der Waals surface area contributed by atoms with Crippen molar-refractivity contribution in [3.63, 3.8) is 0 Å². The fraction of sp³-hybridized carbons (Fsp3) is 0.308. The van der Waals surface area contributed by atoms with E-state index in [2.05, 4.69) is 50.8 Å². The minimum absolute atomic E-state index is 0.142. The van der Waals surface area contributed by atoms with E-state index in [9.17, 15) is 9.59 Å². The van der Waals surface area contributed by atoms with E-state index in [0.717, 1.165) is 45.7 Å². The van der Waals surface area contributed by atoms with Crippen LogP contribution in [0.5, 0.6) is 0 Å². The lowest BCUT2D eigenvalue weighted by Crippen LogP contribution is -2.46. The molecule has 0 aliphatic carbocycles. The van der Waals surface area contributed by atoms with Crippen molar-refractivity contribution in [2.45, 2.75) is 13.0 Å². The molecule has 0 spiro atoms. The Morgan fingerprint density at radius 1 is 0.848 bits per heavy atom. The molecule has 1 aliphatic rings. The molecule has 0 unspecified atom stereocenters. The Labute approximate surface area is 194 Å². The van der Waals surface area contributed by atoms with Gasteiger partial charge in [-0.3, -0.25) is 14.5 Å². The number of furan rings is 1. The minimum atomic E-state index is -0.346. The van der Waals surface area contributed by atoms with E-state index in [1.165, 1.54) is 11.8 Å². The van der Waals surface area contributed by atoms with Gasteiger partial charge in [0.2, 0.25) is 0 Å². The number of nitrogens with one attached hydrogen (secondary N) is 2. The second-order valence-corrected chi connectivity index (χ2v) is 8.23. The molecule has 1 aromatic heterocycles. The third kappa shape index (κ3) is 6.78. The number of carbonyl (C=O) groups is 2. The van der Waals surface area contributed by atoms with Gasteiger partial charge in [0.05, 0.1) is 6.26 Å². The van der Waals surface area contributed by atoms with Gasteiger partial charge in [0.1, 0.15) is 0 Å². The van der Waals surface area contributed by atoms with Gasteiger partial charge < -0.3 is 20.0 Å². The molecule has 0 bridgehead atoms. The van der Waals surface area contributed by atoms with Crippen molar-refractivity contribution in [3.05, 3.63) is 89.9 Å². The van der Waals surface area contributed by atoms with E-state index in [0.29, 0.717) is 17.8 Å². The van der Waals surface area contributed by atoms with Gasteiger partial charge in [-0.1, -0.05) is 36.4 Å². The molecule has 1 saturated heterocycles. The van der Waals surface area contributed by atoms with Gasteiger partial charge in [-0.25, -0.2) is 0 Å². The van der Waals surface area contributed by atoms with E-state index in [4.69, 9.17) is 4.42 Å². The van der Waals surface area contributed by atoms with Gasteiger partial charge >= 0.3 is 0 Å². The van der Waals surface area contributed by atoms with Crippen LogP contribution in [-0.2, 0) is 6.54 Å². The molecular weight excluding hydrogens is 416 g/mol. The van der Waals surface area contributed by atoms with Gasteiger partial charge in [-0.2, -0.15) is 0 Å². The van der Waals surface area contributed by atoms with E-state index in [1.54, 1.807) is 36.4 Å². The number of piperazine rings is 1. The number of anilines is 1. The van der Waals surface area contributed by atoms with Crippen molar-refractivity contribution in [3.8, 4) is 0 Å². The zero-order chi connectivity index (χ0) is 22.9. The van der Waals surface area contributed by atoms with Crippen LogP contribution >= 0.6 is 0 Å². The Hall–Kier alpha value is -3.42. The van der Waals surface area contributed by atoms with Crippen LogP contribution in [0, 0.1) is 0 Å². The van der Waals surface area contributed by atoms with Gasteiger partial charge in [0.15, 0.2) is 5.76 Å². The van der Waals surface area contributed by atoms with E-state index >= 15 is 0 Å². The SMILES string of the molecule is O=C(NCCCN1CCN(Cc2ccccc2)CC1)c1cccc(NC(=O)c2ccco2)c1. The number of rotatable bonds is 9. The molecule has 3 aromatic rings. The highest BCUT2D eigenvalue weighted by Gasteiger charge is 2.16. The molecule has 2 amide bonds. The first-order valence-electron chi connectivity index (χ1n) is 11.4. The first-order valence-corrected chi connectivity index (χ1v) is 11.4. The van der Waals surface area contributed by atoms with Crippen LogP contribution in [0.25, 0.3) is 0 Å². The molecule has 33 heavy (non-hydrogen) atoms. The molecule has 2 heterocycles. The number of hydrogen-bond donors (Lipinski definition) is 2. The molecule has 4 rings (SSSR count). The van der Waals surface area contributed by atoms with E-state index in [1.807, 2.05) is 0 Å². The second-order valence-electron chi connectivity index (χ2n) is 8.23. The summed E-state index contributed by atoms with van der Waals surface area (Å²) in [6, 6.07) is 20.7. The summed E-state index contributed by atoms with van der Waals surface area (Å²) in [5.41, 5.74) is 2.43. The molecule has 0 atom stereocenters. The molecule has 7 nitrogen and oxygen atoms in total. The maximum atomic E-state index is 12.5. The van der Waals surface area contributed by atoms with Gasteiger partial charge in [0, 0.05) is 50.5 Å². The molecule has 1 aliphatic heterocycles. The Kier molecular flexibility index (Phi) is 7.90. The largest absolute Gasteiger partial charge is 0.459 e. The Balaban J connectivity index is 1.15. The van der Waals surface area contributed by atoms with Crippen molar-refractivity contribution in [2.75, 3.05) is 44.6 Å². The van der Waals surface area contributed by atoms with Crippen LogP contribution in [0.4, 0.5) is 5.69 Å². The van der Waals surface area contributed by atoms with Gasteiger partial charge in [-0.05, 0) is 48.9 Å². The summed E-state index contributed by atoms with van der Waals surface area (Å²) in [4.78, 5) is 29.6. The van der Waals surface area contributed by atoms with Gasteiger partial charge in [-0.15, -0.1) is 0 Å². The number of nitrogens with zero attached hydrogens (tertiary/aromatic N) is 2. The summed E-state index contributed by atoms with van der Waals surface area (Å²) in [5, 5.41) is 5.73. The standard InChI is InChI=1S/C26H30N4O3/c31-25(22-9-4-10-23(19-22)28-26(32)24-11-5-18-33-24)27-12-6-13-29-14-16-30(17-15-29)20-21-7-2-1-3-8-21/h1-5,7-11,18-19H,6,12-17,20H2,(H,27,31)(H,28,32). The highest BCUT2D eigenvalue weighted by atomic mass is 16.3. The fourth-order valence-corrected chi connectivity index (χ4v) is 3.96. The zero-order valence-corrected chi connectivity index (χ0v) is 18.7. The fourth-order valence-electron chi connectivity index (χ4n) is 3.96. The Morgan fingerprint density at radius 2 is 1.64 bits per heavy atom. The monoisotopic (exact) mass is 446 g/mol. The maximum Gasteiger partial charge on any atom is 0.291 e. The topological polar surface area (TPSA) is 77.8 Å². The van der Waals surface area contributed by atoms with E-state index < -0.39 is 0 Å². The Morgan fingerprint density at radius 3 is 2.39 bits per heavy atom. The maximum absolute atomic E-state index is 12.5. The minimum Gasteiger partial charge on any atom is -0.459 e. The summed E-state index contributed by atoms with van der Waals surface area (Å²) < 4.78 is 5.10. The predicted octanol–water partition coefficient (Wildman–Crippen LogP) is 3.47. The van der Waals surface area contributed by atoms with Crippen molar-refractivity contribution in [1.29, 1.82) is 0 Å². The first kappa shape index (κ1) is 22.8. The summed E-state index contributed by atoms with van der Waals surface area (Å²) in [7, 11) is 0. The smallest absolute Gasteiger partial charge is 0.291 e. The normalized spacial score (nSPS) is 14.7. The second kappa shape index (κ2) is 11.4. The van der Waals surface area contributed by atoms with E-state index in [-0.39, 0.29) is 17.6 Å². The average Bonchev–Trinajstić information content (AvgIpc) is 3.39. The highest BCUT2D eigenvalue weighted by Crippen LogP contribution is 2.13. The Bertz CT molecular complexity index is 1030. The molecule has 2 N–H and O–H groups in total. The van der Waals surface area contributed by atoms with Crippen LogP contribution in [0.1, 0.15) is 32.9 Å². The van der Waals surface area contributed by atoms with Crippen LogP contribution in [0.3, 0.4) is 0 Å². The summed E-state index contributed by atoms with van der Waals surface area (Å²) in [6.45, 7) is 6.84. The lowest BCUT2D eigenvalue weighted by atomic mass is 10.2. The molecule has 7 heteroatoms. The number of hydrogen-bond acceptors (Lipinski definition) is 5. The zero-order valence-electron chi connectivity index (χ0n) is 18.7. The quantitative estimate of drug-likeness (QED) is 0.492. The van der Waals surface area contributed by atoms with Crippen molar-refractivity contribution in [1.82, 2.24) is 15.1 Å². The van der Waals surface area contributed by atoms with Gasteiger partial charge in [0.25, 0.3) is 11.8 Å². The molecular formula is C26H30N4O3. The predicted molar refractivity (Wildman–Crippen MR) is 128 cm³/mol. The third-order valence-electron chi connectivity index (χ3n) is 5.78. The van der Waals surface area contributed by atoms with Crippen molar-refractivity contribution < 1.29 is 14.0 Å². The van der Waals surface area contributed by atoms with Crippen molar-refractivity contribution in [2.24, 2.45) is 0 Å². The number of carbonyl (C=O) groups excluding carboxylic acids is 2. The molecule has 0 radical (unpaired) electrons. The van der Waals surface area contributed by atoms with Crippen LogP contribution < -0.4 is 10.6 Å². The summed E-state index contributed by atoms with van der Waals surface area (Å²) in [6.07, 6.45) is 2.35. The van der Waals surface area contributed by atoms with Crippen molar-refractivity contribution >= 4 is 17.5 Å². The summed E-state index contributed by atoms with van der Waals surface area (Å²) in [5.74, 6) is -0.260. The lowest BCUT2D eigenvalue weighted by Gasteiger charge is -2.34. The molecule has 1 fully saturated rings. The molecule has 2 aromatic carbocycles. The van der Waals surface area contributed by atoms with Crippen LogP contribution in [0.2, 0.25) is 0 Å². The third-order valence-corrected chi connectivity index (χ3v) is 5.78. The van der Waals surface area contributed by atoms with Crippen LogP contribution in [-0.4, -0.2) is 60.9 Å². The molecule has 0 saturated carbocycles. The lowest BCUT2D eigenvalue weighted by molar-refractivity contribution is 0.0945. The number of amides is 2. The number of benzene rings is 2. The summed E-state index contributed by atoms with van der Waals surface area (Å²) >= 11 is 0. The first-order chi connectivity index (χ1) is 16.2.